The predicted molar refractivity (Wildman–Crippen MR) is 63.1 cm³/mol. The molecular weight excluding hydrogens is 202 g/mol. The van der Waals surface area contributed by atoms with E-state index in [0.717, 1.165) is 11.0 Å². The minimum absolute atomic E-state index is 0.204. The molecule has 1 amide bonds. The van der Waals surface area contributed by atoms with E-state index in [-0.39, 0.29) is 5.91 Å². The van der Waals surface area contributed by atoms with Crippen LogP contribution < -0.4 is 4.90 Å². The Morgan fingerprint density at radius 3 is 2.75 bits per heavy atom. The molecule has 0 saturated carbocycles. The van der Waals surface area contributed by atoms with Crippen molar-refractivity contribution < 1.29 is 4.79 Å². The van der Waals surface area contributed by atoms with E-state index < -0.39 is 0 Å². The topological polar surface area (TPSA) is 46.1 Å². The molecule has 4 heteroatoms. The van der Waals surface area contributed by atoms with Crippen LogP contribution in [0, 0.1) is 0 Å². The minimum Gasteiger partial charge on any atom is -0.295 e. The lowest BCUT2D eigenvalue weighted by Crippen LogP contribution is -2.24. The first-order valence-corrected chi connectivity index (χ1v) is 4.84. The zero-order chi connectivity index (χ0) is 11.5. The van der Waals surface area contributed by atoms with Gasteiger partial charge in [0.05, 0.1) is 17.2 Å². The van der Waals surface area contributed by atoms with E-state index in [0.29, 0.717) is 5.82 Å². The van der Waals surface area contributed by atoms with E-state index in [1.807, 2.05) is 24.3 Å². The monoisotopic (exact) mass is 213 g/mol. The summed E-state index contributed by atoms with van der Waals surface area (Å²) in [6, 6.07) is 7.52. The lowest BCUT2D eigenvalue weighted by atomic mass is 10.3. The third kappa shape index (κ3) is 1.77. The summed E-state index contributed by atoms with van der Waals surface area (Å²) in [5, 5.41) is 0. The van der Waals surface area contributed by atoms with Gasteiger partial charge in [0.1, 0.15) is 0 Å². The zero-order valence-corrected chi connectivity index (χ0v) is 8.92. The summed E-state index contributed by atoms with van der Waals surface area (Å²) in [7, 11) is 1.64. The van der Waals surface area contributed by atoms with Crippen LogP contribution in [-0.4, -0.2) is 22.9 Å². The van der Waals surface area contributed by atoms with Gasteiger partial charge in [0.15, 0.2) is 5.82 Å². The first-order chi connectivity index (χ1) is 7.72. The van der Waals surface area contributed by atoms with Gasteiger partial charge in [-0.25, -0.2) is 4.98 Å². The van der Waals surface area contributed by atoms with Gasteiger partial charge in [-0.15, -0.1) is 0 Å². The molecule has 0 unspecified atom stereocenters. The molecule has 1 heterocycles. The van der Waals surface area contributed by atoms with E-state index in [9.17, 15) is 4.79 Å². The smallest absolute Gasteiger partial charge is 0.251 e. The highest BCUT2D eigenvalue weighted by molar-refractivity contribution is 6.00. The first-order valence-electron chi connectivity index (χ1n) is 4.84. The molecule has 80 valence electrons. The van der Waals surface area contributed by atoms with Gasteiger partial charge in [-0.2, -0.15) is 0 Å². The Morgan fingerprint density at radius 2 is 2.06 bits per heavy atom. The lowest BCUT2D eigenvalue weighted by Gasteiger charge is -2.13. The second-order valence-corrected chi connectivity index (χ2v) is 3.32. The molecule has 0 radical (unpaired) electrons. The molecule has 2 aromatic rings. The maximum absolute atomic E-state index is 11.4. The first kappa shape index (κ1) is 10.3. The number of rotatable bonds is 2. The fraction of sp³-hybridized carbons (Fsp3) is 0.0833. The summed E-state index contributed by atoms with van der Waals surface area (Å²) in [5.41, 5.74) is 1.58. The number of likely N-dealkylation sites (N-methyl/N-ethyl adjacent to an activating group) is 1. The molecule has 4 nitrogen and oxygen atoms in total. The van der Waals surface area contributed by atoms with E-state index in [1.54, 1.807) is 13.2 Å². The van der Waals surface area contributed by atoms with Crippen molar-refractivity contribution in [1.82, 2.24) is 9.97 Å². The number of anilines is 1. The van der Waals surface area contributed by atoms with Crippen LogP contribution in [0.1, 0.15) is 0 Å². The Bertz CT molecular complexity index is 551. The van der Waals surface area contributed by atoms with Crippen molar-refractivity contribution in [2.75, 3.05) is 11.9 Å². The summed E-state index contributed by atoms with van der Waals surface area (Å²) < 4.78 is 0. The number of aromatic nitrogens is 2. The summed E-state index contributed by atoms with van der Waals surface area (Å²) in [5.74, 6) is 0.313. The molecule has 1 aromatic carbocycles. The third-order valence-corrected chi connectivity index (χ3v) is 2.28. The van der Waals surface area contributed by atoms with Crippen LogP contribution in [0.25, 0.3) is 11.0 Å². The Balaban J connectivity index is 2.46. The number of benzene rings is 1. The van der Waals surface area contributed by atoms with Crippen molar-refractivity contribution in [3.05, 3.63) is 43.1 Å². The fourth-order valence-electron chi connectivity index (χ4n) is 1.36. The molecule has 0 fully saturated rings. The number of amides is 1. The average molecular weight is 213 g/mol. The highest BCUT2D eigenvalue weighted by Crippen LogP contribution is 2.14. The van der Waals surface area contributed by atoms with E-state index in [1.165, 1.54) is 11.0 Å². The van der Waals surface area contributed by atoms with Crippen LogP contribution in [-0.2, 0) is 4.79 Å². The van der Waals surface area contributed by atoms with Gasteiger partial charge < -0.3 is 0 Å². The third-order valence-electron chi connectivity index (χ3n) is 2.28. The molecule has 0 atom stereocenters. The molecule has 0 spiro atoms. The standard InChI is InChI=1S/C12H11N3O/c1-3-12(16)15(2)11-8-13-9-6-4-5-7-10(9)14-11/h3-8H,1H2,2H3. The summed E-state index contributed by atoms with van der Waals surface area (Å²) in [4.78, 5) is 21.4. The van der Waals surface area contributed by atoms with Gasteiger partial charge in [0.25, 0.3) is 5.91 Å². The fourth-order valence-corrected chi connectivity index (χ4v) is 1.36. The van der Waals surface area contributed by atoms with Crippen molar-refractivity contribution in [2.45, 2.75) is 0 Å². The van der Waals surface area contributed by atoms with Crippen LogP contribution in [0.5, 0.6) is 0 Å². The Kier molecular flexibility index (Phi) is 2.64. The Morgan fingerprint density at radius 1 is 1.38 bits per heavy atom. The number of fused-ring (bicyclic) bond motifs is 1. The molecule has 16 heavy (non-hydrogen) atoms. The highest BCUT2D eigenvalue weighted by Gasteiger charge is 2.09. The van der Waals surface area contributed by atoms with E-state index >= 15 is 0 Å². The summed E-state index contributed by atoms with van der Waals surface area (Å²) >= 11 is 0. The molecule has 0 saturated heterocycles. The van der Waals surface area contributed by atoms with Gasteiger partial charge in [-0.3, -0.25) is 14.7 Å². The number of nitrogens with zero attached hydrogens (tertiary/aromatic N) is 3. The minimum atomic E-state index is -0.204. The van der Waals surface area contributed by atoms with Gasteiger partial charge >= 0.3 is 0 Å². The largest absolute Gasteiger partial charge is 0.295 e. The highest BCUT2D eigenvalue weighted by atomic mass is 16.2. The molecule has 2 rings (SSSR count). The number of hydrogen-bond acceptors (Lipinski definition) is 3. The Hall–Kier alpha value is -2.23. The average Bonchev–Trinajstić information content (AvgIpc) is 2.36. The molecule has 0 bridgehead atoms. The molecule has 0 aliphatic rings. The van der Waals surface area contributed by atoms with Crippen LogP contribution in [0.4, 0.5) is 5.82 Å². The van der Waals surface area contributed by atoms with Crippen LogP contribution in [0.3, 0.4) is 0 Å². The molecule has 0 aliphatic heterocycles. The summed E-state index contributed by atoms with van der Waals surface area (Å²) in [6.45, 7) is 3.43. The van der Waals surface area contributed by atoms with Crippen molar-refractivity contribution >= 4 is 22.8 Å². The Labute approximate surface area is 93.2 Å². The number of para-hydroxylation sites is 2. The SMILES string of the molecule is C=CC(=O)N(C)c1cnc2ccccc2n1. The molecule has 0 N–H and O–H groups in total. The second kappa shape index (κ2) is 4.10. The number of hydrogen-bond donors (Lipinski definition) is 0. The second-order valence-electron chi connectivity index (χ2n) is 3.32. The maximum atomic E-state index is 11.4. The zero-order valence-electron chi connectivity index (χ0n) is 8.92. The van der Waals surface area contributed by atoms with Crippen LogP contribution in [0.2, 0.25) is 0 Å². The van der Waals surface area contributed by atoms with E-state index in [4.69, 9.17) is 0 Å². The quantitative estimate of drug-likeness (QED) is 0.714. The summed E-state index contributed by atoms with van der Waals surface area (Å²) in [6.07, 6.45) is 2.82. The van der Waals surface area contributed by atoms with Crippen molar-refractivity contribution in [2.24, 2.45) is 0 Å². The van der Waals surface area contributed by atoms with Crippen LogP contribution in [0.15, 0.2) is 43.1 Å². The van der Waals surface area contributed by atoms with Gasteiger partial charge in [-0.05, 0) is 18.2 Å². The maximum Gasteiger partial charge on any atom is 0.251 e. The molecule has 1 aromatic heterocycles. The van der Waals surface area contributed by atoms with Crippen molar-refractivity contribution in [3.63, 3.8) is 0 Å². The lowest BCUT2D eigenvalue weighted by molar-refractivity contribution is -0.113. The number of carbonyl (C=O) groups excluding carboxylic acids is 1. The van der Waals surface area contributed by atoms with Gasteiger partial charge in [-0.1, -0.05) is 18.7 Å². The van der Waals surface area contributed by atoms with Crippen molar-refractivity contribution in [3.8, 4) is 0 Å². The number of carbonyl (C=O) groups is 1. The molecule has 0 aliphatic carbocycles. The van der Waals surface area contributed by atoms with Gasteiger partial charge in [0, 0.05) is 7.05 Å². The van der Waals surface area contributed by atoms with E-state index in [2.05, 4.69) is 16.5 Å². The molecular formula is C12H11N3O. The normalized spacial score (nSPS) is 10.1. The van der Waals surface area contributed by atoms with Gasteiger partial charge in [0.2, 0.25) is 0 Å². The van der Waals surface area contributed by atoms with Crippen molar-refractivity contribution in [1.29, 1.82) is 0 Å². The predicted octanol–water partition coefficient (Wildman–Crippen LogP) is 1.78. The van der Waals surface area contributed by atoms with Crippen LogP contribution >= 0.6 is 0 Å².